The van der Waals surface area contributed by atoms with Crippen molar-refractivity contribution in [3.8, 4) is 0 Å². The molecule has 1 spiro atoms. The summed E-state index contributed by atoms with van der Waals surface area (Å²) in [5, 5.41) is 5.79. The van der Waals surface area contributed by atoms with Crippen LogP contribution in [0.3, 0.4) is 0 Å². The molecule has 1 saturated heterocycles. The van der Waals surface area contributed by atoms with Crippen LogP contribution in [0.25, 0.3) is 0 Å². The van der Waals surface area contributed by atoms with E-state index in [-0.39, 0.29) is 24.4 Å². The van der Waals surface area contributed by atoms with E-state index in [9.17, 15) is 14.4 Å². The van der Waals surface area contributed by atoms with E-state index < -0.39 is 11.6 Å². The molecule has 6 nitrogen and oxygen atoms in total. The molecule has 2 atom stereocenters. The molecule has 6 heteroatoms. The zero-order valence-corrected chi connectivity index (χ0v) is 16.2. The first-order valence-corrected chi connectivity index (χ1v) is 10.00. The van der Waals surface area contributed by atoms with E-state index in [1.54, 1.807) is 0 Å². The predicted octanol–water partition coefficient (Wildman–Crippen LogP) is 2.86. The number of nitrogens with one attached hydrogen (secondary N) is 2. The smallest absolute Gasteiger partial charge is 0.325 e. The minimum atomic E-state index is -1.01. The summed E-state index contributed by atoms with van der Waals surface area (Å²) >= 11 is 0. The number of urea groups is 1. The van der Waals surface area contributed by atoms with Gasteiger partial charge in [0.05, 0.1) is 0 Å². The van der Waals surface area contributed by atoms with Crippen LogP contribution in [-0.2, 0) is 21.5 Å². The number of amides is 4. The van der Waals surface area contributed by atoms with Gasteiger partial charge in [0.25, 0.3) is 5.91 Å². The zero-order valence-electron chi connectivity index (χ0n) is 16.2. The molecule has 0 radical (unpaired) electrons. The van der Waals surface area contributed by atoms with E-state index in [4.69, 9.17) is 0 Å². The maximum atomic E-state index is 13.2. The second kappa shape index (κ2) is 8.11. The molecule has 146 valence electrons. The largest absolute Gasteiger partial charge is 0.352 e. The summed E-state index contributed by atoms with van der Waals surface area (Å²) in [7, 11) is 0. The number of aryl methyl sites for hydroxylation is 1. The van der Waals surface area contributed by atoms with Gasteiger partial charge in [-0.05, 0) is 43.7 Å². The quantitative estimate of drug-likeness (QED) is 0.571. The van der Waals surface area contributed by atoms with Crippen LogP contribution in [-0.4, -0.2) is 35.3 Å². The van der Waals surface area contributed by atoms with Crippen LogP contribution >= 0.6 is 0 Å². The molecule has 3 rings (SSSR count). The molecule has 1 aliphatic carbocycles. The molecule has 4 amide bonds. The molecule has 0 saturated carbocycles. The van der Waals surface area contributed by atoms with Crippen molar-refractivity contribution in [2.75, 3.05) is 6.54 Å². The Bertz CT molecular complexity index is 733. The molecule has 0 aromatic heterocycles. The van der Waals surface area contributed by atoms with Gasteiger partial charge in [-0.25, -0.2) is 4.79 Å². The average Bonchev–Trinajstić information content (AvgIpc) is 2.87. The number of hydrogen-bond acceptors (Lipinski definition) is 3. The number of rotatable bonds is 7. The third-order valence-electron chi connectivity index (χ3n) is 5.60. The average molecular weight is 371 g/mol. The molecular formula is C21H29N3O3. The Hall–Kier alpha value is -2.37. The Kier molecular flexibility index (Phi) is 5.82. The van der Waals surface area contributed by atoms with Crippen molar-refractivity contribution in [3.05, 3.63) is 35.4 Å². The molecule has 2 N–H and O–H groups in total. The van der Waals surface area contributed by atoms with Crippen LogP contribution in [0.5, 0.6) is 0 Å². The summed E-state index contributed by atoms with van der Waals surface area (Å²) in [4.78, 5) is 39.1. The highest BCUT2D eigenvalue weighted by atomic mass is 16.2. The van der Waals surface area contributed by atoms with Crippen molar-refractivity contribution in [1.82, 2.24) is 15.5 Å². The number of hydrogen-bond donors (Lipinski definition) is 2. The second-order valence-electron chi connectivity index (χ2n) is 7.70. The Morgan fingerprint density at radius 2 is 2.07 bits per heavy atom. The van der Waals surface area contributed by atoms with Crippen LogP contribution in [0, 0.1) is 0 Å². The number of imide groups is 1. The fraction of sp³-hybridized carbons (Fsp3) is 0.571. The summed E-state index contributed by atoms with van der Waals surface area (Å²) < 4.78 is 0. The second-order valence-corrected chi connectivity index (χ2v) is 7.70. The summed E-state index contributed by atoms with van der Waals surface area (Å²) in [5.41, 5.74) is 0.942. The number of unbranched alkanes of at least 4 members (excludes halogenated alkanes) is 2. The van der Waals surface area contributed by atoms with Gasteiger partial charge in [0.2, 0.25) is 5.91 Å². The highest BCUT2D eigenvalue weighted by Crippen LogP contribution is 2.39. The minimum absolute atomic E-state index is 0.0363. The Labute approximate surface area is 160 Å². The zero-order chi connectivity index (χ0) is 19.4. The number of benzene rings is 1. The van der Waals surface area contributed by atoms with Crippen molar-refractivity contribution in [2.45, 2.75) is 70.4 Å². The SMILES string of the molecule is CCCCC[C@H](C)NC(=O)CN1C(=O)N[C@]2(CCCc3ccccc32)C1=O. The van der Waals surface area contributed by atoms with Gasteiger partial charge < -0.3 is 10.6 Å². The lowest BCUT2D eigenvalue weighted by Crippen LogP contribution is -2.47. The van der Waals surface area contributed by atoms with Gasteiger partial charge in [0.1, 0.15) is 12.1 Å². The van der Waals surface area contributed by atoms with Gasteiger partial charge in [-0.15, -0.1) is 0 Å². The maximum Gasteiger partial charge on any atom is 0.325 e. The van der Waals surface area contributed by atoms with Crippen molar-refractivity contribution in [1.29, 1.82) is 0 Å². The van der Waals surface area contributed by atoms with Gasteiger partial charge in [-0.3, -0.25) is 14.5 Å². The van der Waals surface area contributed by atoms with Crippen LogP contribution in [0.1, 0.15) is 63.5 Å². The molecule has 27 heavy (non-hydrogen) atoms. The first-order chi connectivity index (χ1) is 13.0. The fourth-order valence-corrected chi connectivity index (χ4v) is 4.19. The monoisotopic (exact) mass is 371 g/mol. The van der Waals surface area contributed by atoms with E-state index >= 15 is 0 Å². The summed E-state index contributed by atoms with van der Waals surface area (Å²) in [5.74, 6) is -0.600. The van der Waals surface area contributed by atoms with Crippen LogP contribution in [0.4, 0.5) is 4.79 Å². The van der Waals surface area contributed by atoms with Gasteiger partial charge in [-0.2, -0.15) is 0 Å². The fourth-order valence-electron chi connectivity index (χ4n) is 4.19. The van der Waals surface area contributed by atoms with Crippen LogP contribution < -0.4 is 10.6 Å². The molecule has 0 bridgehead atoms. The van der Waals surface area contributed by atoms with Gasteiger partial charge in [-0.1, -0.05) is 50.5 Å². The lowest BCUT2D eigenvalue weighted by Gasteiger charge is -2.33. The Balaban J connectivity index is 1.68. The topological polar surface area (TPSA) is 78.5 Å². The highest BCUT2D eigenvalue weighted by molar-refractivity contribution is 6.09. The van der Waals surface area contributed by atoms with Crippen molar-refractivity contribution in [2.24, 2.45) is 0 Å². The molecule has 1 aromatic carbocycles. The molecule has 2 aliphatic rings. The minimum Gasteiger partial charge on any atom is -0.352 e. The molecule has 1 aliphatic heterocycles. The van der Waals surface area contributed by atoms with Crippen LogP contribution in [0.2, 0.25) is 0 Å². The third kappa shape index (κ3) is 3.84. The molecule has 0 unspecified atom stereocenters. The van der Waals surface area contributed by atoms with E-state index in [1.807, 2.05) is 31.2 Å². The number of nitrogens with zero attached hydrogens (tertiary/aromatic N) is 1. The van der Waals surface area contributed by atoms with Gasteiger partial charge in [0.15, 0.2) is 0 Å². The van der Waals surface area contributed by atoms with Gasteiger partial charge in [0, 0.05) is 6.04 Å². The van der Waals surface area contributed by atoms with Crippen molar-refractivity contribution in [3.63, 3.8) is 0 Å². The summed E-state index contributed by atoms with van der Waals surface area (Å²) in [6.45, 7) is 3.87. The summed E-state index contributed by atoms with van der Waals surface area (Å²) in [6, 6.07) is 7.30. The lowest BCUT2D eigenvalue weighted by atomic mass is 9.76. The molecule has 1 heterocycles. The first-order valence-electron chi connectivity index (χ1n) is 10.00. The molecule has 1 aromatic rings. The number of fused-ring (bicyclic) bond motifs is 2. The summed E-state index contributed by atoms with van der Waals surface area (Å²) in [6.07, 6.45) is 6.52. The van der Waals surface area contributed by atoms with Crippen molar-refractivity contribution >= 4 is 17.8 Å². The first kappa shape index (κ1) is 19.4. The maximum absolute atomic E-state index is 13.2. The van der Waals surface area contributed by atoms with E-state index in [2.05, 4.69) is 17.6 Å². The van der Waals surface area contributed by atoms with Gasteiger partial charge >= 0.3 is 6.03 Å². The number of carbonyl (C=O) groups excluding carboxylic acids is 3. The standard InChI is InChI=1S/C21H29N3O3/c1-3-4-5-9-15(2)22-18(25)14-24-19(26)21(23-20(24)27)13-8-11-16-10-6-7-12-17(16)21/h6-7,10,12,15H,3-5,8-9,11,13-14H2,1-2H3,(H,22,25)(H,23,27)/t15-,21-/m0/s1. The normalized spacial score (nSPS) is 22.5. The van der Waals surface area contributed by atoms with E-state index in [0.29, 0.717) is 6.42 Å². The molecular weight excluding hydrogens is 342 g/mol. The van der Waals surface area contributed by atoms with E-state index in [0.717, 1.165) is 54.6 Å². The Morgan fingerprint density at radius 3 is 2.85 bits per heavy atom. The lowest BCUT2D eigenvalue weighted by molar-refractivity contribution is -0.135. The van der Waals surface area contributed by atoms with E-state index in [1.165, 1.54) is 0 Å². The van der Waals surface area contributed by atoms with Crippen molar-refractivity contribution < 1.29 is 14.4 Å². The predicted molar refractivity (Wildman–Crippen MR) is 103 cm³/mol. The van der Waals surface area contributed by atoms with Crippen LogP contribution in [0.15, 0.2) is 24.3 Å². The third-order valence-corrected chi connectivity index (χ3v) is 5.60. The highest BCUT2D eigenvalue weighted by Gasteiger charge is 2.54. The molecule has 1 fully saturated rings. The Morgan fingerprint density at radius 1 is 1.30 bits per heavy atom. The number of carbonyl (C=O) groups is 3.